The van der Waals surface area contributed by atoms with Gasteiger partial charge in [0.1, 0.15) is 12.2 Å². The number of rotatable bonds is 1. The summed E-state index contributed by atoms with van der Waals surface area (Å²) >= 11 is 0. The van der Waals surface area contributed by atoms with Crippen LogP contribution in [0.15, 0.2) is 12.2 Å². The third kappa shape index (κ3) is 2.02. The highest BCUT2D eigenvalue weighted by molar-refractivity contribution is 5.91. The molecule has 122 valence electrons. The monoisotopic (exact) mass is 308 g/mol. The lowest BCUT2D eigenvalue weighted by molar-refractivity contribution is -0.161. The number of ether oxygens (including phenoxy) is 2. The van der Waals surface area contributed by atoms with Gasteiger partial charge in [0, 0.05) is 17.9 Å². The van der Waals surface area contributed by atoms with Crippen molar-refractivity contribution >= 4 is 11.9 Å². The molecular formula is C17H24O5. The highest BCUT2D eigenvalue weighted by Gasteiger charge is 2.62. The molecule has 0 amide bonds. The molecule has 0 spiro atoms. The fraction of sp³-hybridized carbons (Fsp3) is 0.765. The lowest BCUT2D eigenvalue weighted by atomic mass is 9.67. The van der Waals surface area contributed by atoms with Gasteiger partial charge in [-0.3, -0.25) is 4.79 Å². The molecule has 1 N–H and O–H groups in total. The minimum Gasteiger partial charge on any atom is -0.462 e. The normalized spacial score (nSPS) is 47.5. The van der Waals surface area contributed by atoms with Crippen LogP contribution in [-0.2, 0) is 19.1 Å². The van der Waals surface area contributed by atoms with Crippen LogP contribution >= 0.6 is 0 Å². The molecule has 5 nitrogen and oxygen atoms in total. The fourth-order valence-corrected chi connectivity index (χ4v) is 5.04. The Labute approximate surface area is 130 Å². The Hall–Kier alpha value is -1.36. The number of fused-ring (bicyclic) bond motifs is 2. The maximum absolute atomic E-state index is 11.8. The number of aliphatic hydroxyl groups is 1. The number of esters is 2. The van der Waals surface area contributed by atoms with Crippen LogP contribution in [0.4, 0.5) is 0 Å². The van der Waals surface area contributed by atoms with Gasteiger partial charge in [0.15, 0.2) is 0 Å². The number of hydrogen-bond donors (Lipinski definition) is 1. The molecule has 0 aromatic heterocycles. The van der Waals surface area contributed by atoms with Gasteiger partial charge in [-0.1, -0.05) is 20.4 Å². The van der Waals surface area contributed by atoms with E-state index < -0.39 is 23.4 Å². The maximum atomic E-state index is 11.8. The summed E-state index contributed by atoms with van der Waals surface area (Å²) in [6.45, 7) is 9.33. The summed E-state index contributed by atoms with van der Waals surface area (Å²) in [7, 11) is 0. The van der Waals surface area contributed by atoms with Crippen molar-refractivity contribution in [3.05, 3.63) is 12.2 Å². The van der Waals surface area contributed by atoms with E-state index >= 15 is 0 Å². The average Bonchev–Trinajstić information content (AvgIpc) is 2.86. The summed E-state index contributed by atoms with van der Waals surface area (Å²) in [6.07, 6.45) is 0.950. The summed E-state index contributed by atoms with van der Waals surface area (Å²) in [5, 5.41) is 11.1. The van der Waals surface area contributed by atoms with Crippen LogP contribution in [0.25, 0.3) is 0 Å². The van der Waals surface area contributed by atoms with E-state index in [4.69, 9.17) is 9.47 Å². The minimum absolute atomic E-state index is 0.240. The molecule has 2 saturated carbocycles. The second-order valence-electron chi connectivity index (χ2n) is 7.30. The van der Waals surface area contributed by atoms with Gasteiger partial charge in [0.25, 0.3) is 0 Å². The van der Waals surface area contributed by atoms with Crippen molar-refractivity contribution in [2.75, 3.05) is 0 Å². The Morgan fingerprint density at radius 1 is 1.45 bits per heavy atom. The fourth-order valence-electron chi connectivity index (χ4n) is 5.04. The molecule has 1 heterocycles. The van der Waals surface area contributed by atoms with E-state index in [1.54, 1.807) is 0 Å². The average molecular weight is 308 g/mol. The van der Waals surface area contributed by atoms with Gasteiger partial charge >= 0.3 is 11.9 Å². The molecule has 1 unspecified atom stereocenters. The third-order valence-electron chi connectivity index (χ3n) is 6.13. The van der Waals surface area contributed by atoms with E-state index in [0.29, 0.717) is 5.57 Å². The Morgan fingerprint density at radius 2 is 2.14 bits per heavy atom. The molecule has 0 aromatic rings. The zero-order valence-corrected chi connectivity index (χ0v) is 13.4. The standard InChI is InChI=1S/C17H24O5/c1-8-7-12-14(9(2)16(20)22-12)15(19)17(4)11(8)5-6-13(17)21-10(3)18/h8,11-15,19H,2,5-7H2,1,3-4H3/t8-,11+,12+,13?,14-,15+,17+/m1/s1. The van der Waals surface area contributed by atoms with Crippen molar-refractivity contribution < 1.29 is 24.2 Å². The van der Waals surface area contributed by atoms with Gasteiger partial charge in [-0.05, 0) is 31.1 Å². The molecule has 3 aliphatic rings. The van der Waals surface area contributed by atoms with Crippen LogP contribution in [-0.4, -0.2) is 35.4 Å². The molecule has 1 saturated heterocycles. The van der Waals surface area contributed by atoms with Gasteiger partial charge in [-0.25, -0.2) is 4.79 Å². The summed E-state index contributed by atoms with van der Waals surface area (Å²) in [4.78, 5) is 23.3. The van der Waals surface area contributed by atoms with Gasteiger partial charge in [0.2, 0.25) is 0 Å². The zero-order chi connectivity index (χ0) is 16.2. The summed E-state index contributed by atoms with van der Waals surface area (Å²) < 4.78 is 10.9. The van der Waals surface area contributed by atoms with E-state index in [-0.39, 0.29) is 30.0 Å². The molecule has 22 heavy (non-hydrogen) atoms. The number of aliphatic hydroxyl groups excluding tert-OH is 1. The van der Waals surface area contributed by atoms with Crippen LogP contribution in [0.3, 0.4) is 0 Å². The molecule has 3 rings (SSSR count). The number of carbonyl (C=O) groups is 2. The SMILES string of the molecule is C=C1C(=O)O[C@H]2C[C@@H](C)[C@@H]3CCC(OC(C)=O)[C@@]3(C)[C@@H](O)[C@H]12. The lowest BCUT2D eigenvalue weighted by Gasteiger charge is -2.42. The van der Waals surface area contributed by atoms with Crippen molar-refractivity contribution in [2.45, 2.75) is 58.3 Å². The minimum atomic E-state index is -0.793. The first-order valence-electron chi connectivity index (χ1n) is 8.01. The van der Waals surface area contributed by atoms with E-state index in [1.165, 1.54) is 6.92 Å². The van der Waals surface area contributed by atoms with Crippen molar-refractivity contribution in [3.63, 3.8) is 0 Å². The van der Waals surface area contributed by atoms with Crippen LogP contribution in [0, 0.1) is 23.2 Å². The van der Waals surface area contributed by atoms with Gasteiger partial charge < -0.3 is 14.6 Å². The highest BCUT2D eigenvalue weighted by Crippen LogP contribution is 2.57. The third-order valence-corrected chi connectivity index (χ3v) is 6.13. The second kappa shape index (κ2) is 5.08. The smallest absolute Gasteiger partial charge is 0.334 e. The molecule has 1 aliphatic heterocycles. The molecule has 2 aliphatic carbocycles. The first-order valence-corrected chi connectivity index (χ1v) is 8.01. The summed E-state index contributed by atoms with van der Waals surface area (Å²) in [6, 6.07) is 0. The lowest BCUT2D eigenvalue weighted by Crippen LogP contribution is -2.49. The first-order chi connectivity index (χ1) is 10.3. The molecule has 0 bridgehead atoms. The molecule has 5 heteroatoms. The van der Waals surface area contributed by atoms with Crippen molar-refractivity contribution in [2.24, 2.45) is 23.2 Å². The Balaban J connectivity index is 2.00. The molecular weight excluding hydrogens is 284 g/mol. The Bertz CT molecular complexity index is 527. The number of hydrogen-bond acceptors (Lipinski definition) is 5. The van der Waals surface area contributed by atoms with E-state index in [9.17, 15) is 14.7 Å². The predicted molar refractivity (Wildman–Crippen MR) is 78.7 cm³/mol. The molecule has 7 atom stereocenters. The Kier molecular flexibility index (Phi) is 3.59. The van der Waals surface area contributed by atoms with Crippen LogP contribution in [0.1, 0.15) is 40.0 Å². The van der Waals surface area contributed by atoms with Crippen molar-refractivity contribution in [1.29, 1.82) is 0 Å². The molecule has 0 radical (unpaired) electrons. The van der Waals surface area contributed by atoms with Crippen LogP contribution in [0.2, 0.25) is 0 Å². The van der Waals surface area contributed by atoms with Gasteiger partial charge in [-0.2, -0.15) is 0 Å². The second-order valence-corrected chi connectivity index (χ2v) is 7.30. The van der Waals surface area contributed by atoms with Gasteiger partial charge in [0.05, 0.1) is 12.0 Å². The summed E-state index contributed by atoms with van der Waals surface area (Å²) in [5.41, 5.74) is -0.221. The molecule has 3 fully saturated rings. The largest absolute Gasteiger partial charge is 0.462 e. The number of carbonyl (C=O) groups excluding carboxylic acids is 2. The molecule has 0 aromatic carbocycles. The van der Waals surface area contributed by atoms with E-state index in [0.717, 1.165) is 19.3 Å². The van der Waals surface area contributed by atoms with Crippen LogP contribution < -0.4 is 0 Å². The van der Waals surface area contributed by atoms with Crippen molar-refractivity contribution in [3.8, 4) is 0 Å². The van der Waals surface area contributed by atoms with Gasteiger partial charge in [-0.15, -0.1) is 0 Å². The highest BCUT2D eigenvalue weighted by atomic mass is 16.6. The summed E-state index contributed by atoms with van der Waals surface area (Å²) in [5.74, 6) is -0.616. The van der Waals surface area contributed by atoms with E-state index in [2.05, 4.69) is 13.5 Å². The zero-order valence-electron chi connectivity index (χ0n) is 13.4. The topological polar surface area (TPSA) is 72.8 Å². The first kappa shape index (κ1) is 15.5. The maximum Gasteiger partial charge on any atom is 0.334 e. The van der Waals surface area contributed by atoms with Crippen molar-refractivity contribution in [1.82, 2.24) is 0 Å². The van der Waals surface area contributed by atoms with E-state index in [1.807, 2.05) is 6.92 Å². The quantitative estimate of drug-likeness (QED) is 0.591. The predicted octanol–water partition coefficient (Wildman–Crippen LogP) is 1.83. The Morgan fingerprint density at radius 3 is 2.77 bits per heavy atom. The van der Waals surface area contributed by atoms with Crippen LogP contribution in [0.5, 0.6) is 0 Å².